The molecule has 0 aliphatic carbocycles. The number of carbonyl (C=O) groups is 1. The molecule has 7 heteroatoms. The van der Waals surface area contributed by atoms with Gasteiger partial charge in [-0.1, -0.05) is 15.9 Å². The van der Waals surface area contributed by atoms with Crippen molar-refractivity contribution in [3.63, 3.8) is 0 Å². The first-order valence-corrected chi connectivity index (χ1v) is 8.62. The Balaban J connectivity index is 0.00000208. The predicted molar refractivity (Wildman–Crippen MR) is 102 cm³/mol. The molecule has 130 valence electrons. The van der Waals surface area contributed by atoms with E-state index in [9.17, 15) is 9.59 Å². The Kier molecular flexibility index (Phi) is 6.06. The Morgan fingerprint density at radius 1 is 1.42 bits per heavy atom. The highest BCUT2D eigenvalue weighted by atomic mass is 79.9. The lowest BCUT2D eigenvalue weighted by Crippen LogP contribution is -2.45. The van der Waals surface area contributed by atoms with E-state index in [0.717, 1.165) is 22.7 Å². The number of carbonyl (C=O) groups excluding carboxylic acids is 1. The lowest BCUT2D eigenvalue weighted by molar-refractivity contribution is 0.0663. The van der Waals surface area contributed by atoms with Gasteiger partial charge in [0, 0.05) is 40.6 Å². The molecule has 1 fully saturated rings. The lowest BCUT2D eigenvalue weighted by atomic mass is 9.91. The van der Waals surface area contributed by atoms with Gasteiger partial charge >= 0.3 is 0 Å². The fraction of sp³-hybridized carbons (Fsp3) is 0.412. The van der Waals surface area contributed by atoms with E-state index in [4.69, 9.17) is 5.73 Å². The Bertz CT molecular complexity index is 806. The lowest BCUT2D eigenvalue weighted by Gasteiger charge is -2.34. The molecule has 3 rings (SSSR count). The molecule has 1 aromatic heterocycles. The molecule has 0 spiro atoms. The van der Waals surface area contributed by atoms with Crippen molar-refractivity contribution >= 4 is 45.1 Å². The molecular formula is C17H21BrClN3O2. The summed E-state index contributed by atoms with van der Waals surface area (Å²) in [6.07, 6.45) is 1.99. The minimum Gasteiger partial charge on any atom is -0.338 e. The highest BCUT2D eigenvalue weighted by Crippen LogP contribution is 2.24. The topological polar surface area (TPSA) is 79.2 Å². The Hall–Kier alpha value is -1.37. The zero-order valence-corrected chi connectivity index (χ0v) is 15.8. The van der Waals surface area contributed by atoms with E-state index in [1.807, 2.05) is 24.0 Å². The second kappa shape index (κ2) is 7.68. The zero-order valence-electron chi connectivity index (χ0n) is 13.4. The minimum atomic E-state index is -0.260. The quantitative estimate of drug-likeness (QED) is 0.793. The molecule has 5 nitrogen and oxygen atoms in total. The van der Waals surface area contributed by atoms with E-state index in [0.29, 0.717) is 30.1 Å². The van der Waals surface area contributed by atoms with Gasteiger partial charge in [0.25, 0.3) is 5.91 Å². The number of halogens is 2. The Labute approximate surface area is 155 Å². The highest BCUT2D eigenvalue weighted by molar-refractivity contribution is 9.10. The van der Waals surface area contributed by atoms with Crippen LogP contribution in [0, 0.1) is 5.92 Å². The van der Waals surface area contributed by atoms with Crippen LogP contribution in [0.2, 0.25) is 0 Å². The second-order valence-electron chi connectivity index (χ2n) is 6.25. The van der Waals surface area contributed by atoms with Crippen LogP contribution >= 0.6 is 28.3 Å². The summed E-state index contributed by atoms with van der Waals surface area (Å²) in [7, 11) is 0. The number of hydrogen-bond donors (Lipinski definition) is 2. The molecule has 2 aromatic rings. The van der Waals surface area contributed by atoms with Crippen LogP contribution in [0.3, 0.4) is 0 Å². The van der Waals surface area contributed by atoms with Crippen molar-refractivity contribution in [3.05, 3.63) is 44.7 Å². The summed E-state index contributed by atoms with van der Waals surface area (Å²) in [6.45, 7) is 3.35. The largest absolute Gasteiger partial charge is 0.338 e. The maximum absolute atomic E-state index is 13.0. The van der Waals surface area contributed by atoms with Gasteiger partial charge in [0.1, 0.15) is 0 Å². The number of nitrogens with two attached hydrogens (primary N) is 1. The number of piperidine rings is 1. The number of likely N-dealkylation sites (tertiary alicyclic amines) is 1. The van der Waals surface area contributed by atoms with E-state index in [2.05, 4.69) is 20.9 Å². The molecule has 1 saturated heterocycles. The van der Waals surface area contributed by atoms with Crippen LogP contribution in [0.1, 0.15) is 30.1 Å². The number of fused-ring (bicyclic) bond motifs is 1. The number of aromatic nitrogens is 1. The first-order valence-electron chi connectivity index (χ1n) is 7.83. The van der Waals surface area contributed by atoms with Gasteiger partial charge in [-0.3, -0.25) is 9.59 Å². The van der Waals surface area contributed by atoms with E-state index in [-0.39, 0.29) is 29.9 Å². The summed E-state index contributed by atoms with van der Waals surface area (Å²) >= 11 is 3.43. The van der Waals surface area contributed by atoms with Crippen molar-refractivity contribution in [1.29, 1.82) is 0 Å². The summed E-state index contributed by atoms with van der Waals surface area (Å²) in [5.74, 6) is 0.220. The van der Waals surface area contributed by atoms with Crippen molar-refractivity contribution in [2.75, 3.05) is 13.1 Å². The van der Waals surface area contributed by atoms with Gasteiger partial charge in [0.15, 0.2) is 0 Å². The van der Waals surface area contributed by atoms with E-state index in [1.54, 1.807) is 6.07 Å². The predicted octanol–water partition coefficient (Wildman–Crippen LogP) is 2.91. The fourth-order valence-corrected chi connectivity index (χ4v) is 3.56. The molecule has 1 aliphatic heterocycles. The van der Waals surface area contributed by atoms with Crippen molar-refractivity contribution < 1.29 is 4.79 Å². The first-order chi connectivity index (χ1) is 11.0. The van der Waals surface area contributed by atoms with Crippen molar-refractivity contribution in [1.82, 2.24) is 9.88 Å². The number of nitrogens with one attached hydrogen (secondary N) is 1. The smallest absolute Gasteiger partial charge is 0.254 e. The van der Waals surface area contributed by atoms with E-state index < -0.39 is 0 Å². The van der Waals surface area contributed by atoms with Gasteiger partial charge < -0.3 is 15.6 Å². The van der Waals surface area contributed by atoms with Crippen molar-refractivity contribution in [2.24, 2.45) is 11.7 Å². The maximum Gasteiger partial charge on any atom is 0.254 e. The summed E-state index contributed by atoms with van der Waals surface area (Å²) < 4.78 is 0.873. The number of hydrogen-bond acceptors (Lipinski definition) is 3. The third kappa shape index (κ3) is 3.82. The van der Waals surface area contributed by atoms with Crippen molar-refractivity contribution in [3.8, 4) is 0 Å². The van der Waals surface area contributed by atoms with Crippen LogP contribution in [0.4, 0.5) is 0 Å². The number of rotatable bonds is 2. The first kappa shape index (κ1) is 19.0. The van der Waals surface area contributed by atoms with Crippen LogP contribution in [0.15, 0.2) is 33.5 Å². The molecule has 1 aliphatic rings. The molecule has 0 saturated carbocycles. The molecule has 2 atom stereocenters. The number of aromatic amines is 1. The molecule has 2 heterocycles. The molecule has 1 amide bonds. The number of H-pyrrole nitrogens is 1. The summed E-state index contributed by atoms with van der Waals surface area (Å²) in [4.78, 5) is 29.5. The van der Waals surface area contributed by atoms with Gasteiger partial charge in [-0.15, -0.1) is 12.4 Å². The molecule has 0 bridgehead atoms. The normalized spacial score (nSPS) is 19.0. The Morgan fingerprint density at radius 3 is 2.88 bits per heavy atom. The monoisotopic (exact) mass is 413 g/mol. The minimum absolute atomic E-state index is 0. The Morgan fingerprint density at radius 2 is 2.17 bits per heavy atom. The molecule has 24 heavy (non-hydrogen) atoms. The fourth-order valence-electron chi connectivity index (χ4n) is 3.20. The van der Waals surface area contributed by atoms with Gasteiger partial charge in [-0.05, 0) is 43.9 Å². The van der Waals surface area contributed by atoms with Crippen LogP contribution in [-0.4, -0.2) is 34.9 Å². The standard InChI is InChI=1S/C17H20BrN3O2.ClH/c1-10(19)11-3-2-6-21(9-11)17(23)14-8-16(22)20-15-5-4-12(18)7-13(14)15;/h4-5,7-8,10-11H,2-3,6,9,19H2,1H3,(H,20,22);1H. The summed E-state index contributed by atoms with van der Waals surface area (Å²) in [5.41, 5.74) is 6.87. The molecule has 0 radical (unpaired) electrons. The van der Waals surface area contributed by atoms with Gasteiger partial charge in [0.2, 0.25) is 5.56 Å². The molecule has 1 aromatic carbocycles. The molecule has 2 unspecified atom stereocenters. The highest BCUT2D eigenvalue weighted by Gasteiger charge is 2.27. The van der Waals surface area contributed by atoms with Crippen LogP contribution in [0.5, 0.6) is 0 Å². The maximum atomic E-state index is 13.0. The van der Waals surface area contributed by atoms with Gasteiger partial charge in [0.05, 0.1) is 5.56 Å². The number of nitrogens with zero attached hydrogens (tertiary/aromatic N) is 1. The van der Waals surface area contributed by atoms with E-state index >= 15 is 0 Å². The number of amides is 1. The van der Waals surface area contributed by atoms with Crippen LogP contribution in [-0.2, 0) is 0 Å². The SMILES string of the molecule is CC(N)C1CCCN(C(=O)c2cc(=O)[nH]c3ccc(Br)cc23)C1.Cl. The third-order valence-corrected chi connectivity index (χ3v) is 5.02. The van der Waals surface area contributed by atoms with Crippen LogP contribution < -0.4 is 11.3 Å². The summed E-state index contributed by atoms with van der Waals surface area (Å²) in [6, 6.07) is 6.98. The number of benzene rings is 1. The average molecular weight is 415 g/mol. The summed E-state index contributed by atoms with van der Waals surface area (Å²) in [5, 5.41) is 0.756. The van der Waals surface area contributed by atoms with Gasteiger partial charge in [-0.25, -0.2) is 0 Å². The number of pyridine rings is 1. The second-order valence-corrected chi connectivity index (χ2v) is 7.17. The molecule has 3 N–H and O–H groups in total. The average Bonchev–Trinajstić information content (AvgIpc) is 2.54. The van der Waals surface area contributed by atoms with Crippen LogP contribution in [0.25, 0.3) is 10.9 Å². The van der Waals surface area contributed by atoms with E-state index in [1.165, 1.54) is 6.07 Å². The van der Waals surface area contributed by atoms with Gasteiger partial charge in [-0.2, -0.15) is 0 Å². The third-order valence-electron chi connectivity index (χ3n) is 4.52. The molecular weight excluding hydrogens is 394 g/mol. The zero-order chi connectivity index (χ0) is 16.6. The van der Waals surface area contributed by atoms with Crippen molar-refractivity contribution in [2.45, 2.75) is 25.8 Å².